The van der Waals surface area contributed by atoms with Crippen molar-refractivity contribution in [1.29, 1.82) is 0 Å². The Labute approximate surface area is 123 Å². The fourth-order valence-electron chi connectivity index (χ4n) is 2.41. The monoisotopic (exact) mass is 282 g/mol. The number of rotatable bonds is 4. The molecule has 1 atom stereocenters. The smallest absolute Gasteiger partial charge is 0.248 e. The second-order valence-electron chi connectivity index (χ2n) is 5.03. The van der Waals surface area contributed by atoms with Gasteiger partial charge < -0.3 is 9.88 Å². The van der Waals surface area contributed by atoms with Gasteiger partial charge in [-0.15, -0.1) is 0 Å². The average molecular weight is 282 g/mol. The maximum absolute atomic E-state index is 12.3. The Morgan fingerprint density at radius 2 is 2.19 bits per heavy atom. The van der Waals surface area contributed by atoms with E-state index in [1.165, 1.54) is 5.39 Å². The molecule has 3 rings (SSSR count). The first-order valence-corrected chi connectivity index (χ1v) is 7.08. The zero-order valence-electron chi connectivity index (χ0n) is 12.2. The first-order valence-electron chi connectivity index (χ1n) is 7.08. The minimum absolute atomic E-state index is 0.0762. The number of hydrogen-bond donors (Lipinski definition) is 1. The Morgan fingerprint density at radius 1 is 1.33 bits per heavy atom. The molecule has 5 heteroatoms. The molecule has 108 valence electrons. The first kappa shape index (κ1) is 13.4. The molecule has 0 saturated heterocycles. The van der Waals surface area contributed by atoms with Crippen LogP contribution in [-0.2, 0) is 11.3 Å². The van der Waals surface area contributed by atoms with E-state index < -0.39 is 0 Å². The third-order valence-electron chi connectivity index (χ3n) is 3.68. The third-order valence-corrected chi connectivity index (χ3v) is 3.68. The molecule has 3 aromatic rings. The summed E-state index contributed by atoms with van der Waals surface area (Å²) in [5, 5.41) is 8.23. The topological polar surface area (TPSA) is 51.9 Å². The largest absolute Gasteiger partial charge is 0.348 e. The summed E-state index contributed by atoms with van der Waals surface area (Å²) < 4.78 is 3.80. The molecule has 1 amide bonds. The molecule has 0 aliphatic rings. The van der Waals surface area contributed by atoms with Crippen LogP contribution in [0.25, 0.3) is 10.9 Å². The SMILES string of the molecule is CCn1ccc2ccc(NC(=O)[C@H](C)n3cccn3)cc21. The van der Waals surface area contributed by atoms with E-state index in [-0.39, 0.29) is 11.9 Å². The summed E-state index contributed by atoms with van der Waals surface area (Å²) in [4.78, 5) is 12.3. The number of nitrogens with one attached hydrogen (secondary N) is 1. The van der Waals surface area contributed by atoms with E-state index in [4.69, 9.17) is 0 Å². The summed E-state index contributed by atoms with van der Waals surface area (Å²) in [6.07, 6.45) is 5.52. The van der Waals surface area contributed by atoms with Gasteiger partial charge in [-0.25, -0.2) is 0 Å². The zero-order valence-corrected chi connectivity index (χ0v) is 12.2. The van der Waals surface area contributed by atoms with Crippen molar-refractivity contribution in [3.63, 3.8) is 0 Å². The fraction of sp³-hybridized carbons (Fsp3) is 0.250. The van der Waals surface area contributed by atoms with Crippen molar-refractivity contribution < 1.29 is 4.79 Å². The van der Waals surface area contributed by atoms with E-state index in [1.54, 1.807) is 17.1 Å². The van der Waals surface area contributed by atoms with E-state index in [1.807, 2.05) is 31.2 Å². The van der Waals surface area contributed by atoms with Gasteiger partial charge in [0.15, 0.2) is 0 Å². The maximum Gasteiger partial charge on any atom is 0.248 e. The lowest BCUT2D eigenvalue weighted by molar-refractivity contribution is -0.119. The average Bonchev–Trinajstić information content (AvgIpc) is 3.15. The number of anilines is 1. The zero-order chi connectivity index (χ0) is 14.8. The highest BCUT2D eigenvalue weighted by Gasteiger charge is 2.15. The van der Waals surface area contributed by atoms with E-state index in [2.05, 4.69) is 34.2 Å². The van der Waals surface area contributed by atoms with Gasteiger partial charge in [0, 0.05) is 30.8 Å². The molecular weight excluding hydrogens is 264 g/mol. The molecule has 2 heterocycles. The van der Waals surface area contributed by atoms with Crippen molar-refractivity contribution in [2.45, 2.75) is 26.4 Å². The normalized spacial score (nSPS) is 12.5. The lowest BCUT2D eigenvalue weighted by atomic mass is 10.2. The van der Waals surface area contributed by atoms with Gasteiger partial charge >= 0.3 is 0 Å². The van der Waals surface area contributed by atoms with Crippen LogP contribution in [0.4, 0.5) is 5.69 Å². The van der Waals surface area contributed by atoms with Crippen molar-refractivity contribution in [3.05, 3.63) is 48.9 Å². The van der Waals surface area contributed by atoms with Crippen LogP contribution in [0.2, 0.25) is 0 Å². The minimum Gasteiger partial charge on any atom is -0.348 e. The number of benzene rings is 1. The van der Waals surface area contributed by atoms with Crippen LogP contribution < -0.4 is 5.32 Å². The summed E-state index contributed by atoms with van der Waals surface area (Å²) >= 11 is 0. The fourth-order valence-corrected chi connectivity index (χ4v) is 2.41. The molecule has 0 bridgehead atoms. The molecule has 2 aromatic heterocycles. The predicted octanol–water partition coefficient (Wildman–Crippen LogP) is 3.06. The van der Waals surface area contributed by atoms with Crippen LogP contribution in [0.5, 0.6) is 0 Å². The first-order chi connectivity index (χ1) is 10.2. The van der Waals surface area contributed by atoms with Crippen LogP contribution >= 0.6 is 0 Å². The standard InChI is InChI=1S/C16H18N4O/c1-3-19-10-7-13-5-6-14(11-15(13)19)18-16(21)12(2)20-9-4-8-17-20/h4-12H,3H2,1-2H3,(H,18,21)/t12-/m0/s1. The number of carbonyl (C=O) groups is 1. The van der Waals surface area contributed by atoms with Crippen molar-refractivity contribution in [2.75, 3.05) is 5.32 Å². The summed E-state index contributed by atoms with van der Waals surface area (Å²) in [6.45, 7) is 4.84. The number of aromatic nitrogens is 3. The molecule has 0 spiro atoms. The van der Waals surface area contributed by atoms with Crippen LogP contribution in [0.1, 0.15) is 19.9 Å². The number of aryl methyl sites for hydroxylation is 1. The molecule has 0 fully saturated rings. The van der Waals surface area contributed by atoms with Crippen LogP contribution in [0.3, 0.4) is 0 Å². The number of hydrogen-bond acceptors (Lipinski definition) is 2. The highest BCUT2D eigenvalue weighted by Crippen LogP contribution is 2.21. The lowest BCUT2D eigenvalue weighted by Gasteiger charge is -2.13. The van der Waals surface area contributed by atoms with Gasteiger partial charge in [0.05, 0.1) is 5.52 Å². The third kappa shape index (κ3) is 2.54. The van der Waals surface area contributed by atoms with Gasteiger partial charge in [0.25, 0.3) is 0 Å². The van der Waals surface area contributed by atoms with Gasteiger partial charge in [-0.2, -0.15) is 5.10 Å². The highest BCUT2D eigenvalue weighted by atomic mass is 16.2. The van der Waals surface area contributed by atoms with Gasteiger partial charge in [-0.3, -0.25) is 9.48 Å². The summed E-state index contributed by atoms with van der Waals surface area (Å²) in [5.41, 5.74) is 1.93. The number of nitrogens with zero attached hydrogens (tertiary/aromatic N) is 3. The second-order valence-corrected chi connectivity index (χ2v) is 5.03. The molecule has 21 heavy (non-hydrogen) atoms. The molecule has 5 nitrogen and oxygen atoms in total. The maximum atomic E-state index is 12.3. The van der Waals surface area contributed by atoms with E-state index in [0.717, 1.165) is 17.7 Å². The Morgan fingerprint density at radius 3 is 2.90 bits per heavy atom. The van der Waals surface area contributed by atoms with Crippen molar-refractivity contribution in [1.82, 2.24) is 14.3 Å². The molecule has 0 aliphatic heterocycles. The highest BCUT2D eigenvalue weighted by molar-refractivity contribution is 5.95. The molecule has 0 radical (unpaired) electrons. The Hall–Kier alpha value is -2.56. The molecule has 1 aromatic carbocycles. The second kappa shape index (κ2) is 5.44. The van der Waals surface area contributed by atoms with E-state index >= 15 is 0 Å². The van der Waals surface area contributed by atoms with Crippen LogP contribution in [0, 0.1) is 0 Å². The summed E-state index contributed by atoms with van der Waals surface area (Å²) in [7, 11) is 0. The summed E-state index contributed by atoms with van der Waals surface area (Å²) in [5.74, 6) is -0.0762. The molecule has 0 unspecified atom stereocenters. The van der Waals surface area contributed by atoms with Crippen LogP contribution in [0.15, 0.2) is 48.9 Å². The number of amides is 1. The summed E-state index contributed by atoms with van der Waals surface area (Å²) in [6, 6.07) is 9.51. The lowest BCUT2D eigenvalue weighted by Crippen LogP contribution is -2.23. The van der Waals surface area contributed by atoms with Gasteiger partial charge in [-0.05, 0) is 43.5 Å². The van der Waals surface area contributed by atoms with E-state index in [0.29, 0.717) is 0 Å². The Bertz CT molecular complexity index is 758. The van der Waals surface area contributed by atoms with Gasteiger partial charge in [0.1, 0.15) is 6.04 Å². The Balaban J connectivity index is 1.82. The van der Waals surface area contributed by atoms with Crippen molar-refractivity contribution in [2.24, 2.45) is 0 Å². The van der Waals surface area contributed by atoms with Crippen molar-refractivity contribution >= 4 is 22.5 Å². The Kier molecular flexibility index (Phi) is 3.48. The van der Waals surface area contributed by atoms with Gasteiger partial charge in [0.2, 0.25) is 5.91 Å². The predicted molar refractivity (Wildman–Crippen MR) is 83.2 cm³/mol. The van der Waals surface area contributed by atoms with Crippen LogP contribution in [-0.4, -0.2) is 20.3 Å². The van der Waals surface area contributed by atoms with Crippen molar-refractivity contribution in [3.8, 4) is 0 Å². The minimum atomic E-state index is -0.339. The number of fused-ring (bicyclic) bond motifs is 1. The van der Waals surface area contributed by atoms with E-state index in [9.17, 15) is 4.79 Å². The number of carbonyl (C=O) groups excluding carboxylic acids is 1. The van der Waals surface area contributed by atoms with Gasteiger partial charge in [-0.1, -0.05) is 6.07 Å². The quantitative estimate of drug-likeness (QED) is 0.799. The molecule has 0 aliphatic carbocycles. The molecule has 1 N–H and O–H groups in total. The molecular formula is C16H18N4O. The molecule has 0 saturated carbocycles.